The Morgan fingerprint density at radius 1 is 1.50 bits per heavy atom. The van der Waals surface area contributed by atoms with Gasteiger partial charge in [0.1, 0.15) is 17.5 Å². The van der Waals surface area contributed by atoms with Crippen LogP contribution in [0.2, 0.25) is 0 Å². The zero-order valence-corrected chi connectivity index (χ0v) is 8.32. The van der Waals surface area contributed by atoms with E-state index in [9.17, 15) is 0 Å². The number of nitrogen functional groups attached to an aromatic ring is 1. The number of aliphatic hydroxyl groups is 1. The van der Waals surface area contributed by atoms with E-state index in [4.69, 9.17) is 10.8 Å². The molecule has 4 N–H and O–H groups in total. The number of nitrogens with two attached hydrogens (primary N) is 1. The third kappa shape index (κ3) is 3.18. The van der Waals surface area contributed by atoms with E-state index < -0.39 is 0 Å². The summed E-state index contributed by atoms with van der Waals surface area (Å²) in [6.07, 6.45) is 1.46. The molecule has 14 heavy (non-hydrogen) atoms. The second kappa shape index (κ2) is 5.39. The third-order valence-electron chi connectivity index (χ3n) is 1.75. The molecular formula is C9H16N4O. The first-order chi connectivity index (χ1) is 6.76. The van der Waals surface area contributed by atoms with Crippen molar-refractivity contribution in [2.45, 2.75) is 19.8 Å². The molecule has 0 aliphatic rings. The summed E-state index contributed by atoms with van der Waals surface area (Å²) in [4.78, 5) is 8.30. The highest BCUT2D eigenvalue weighted by Crippen LogP contribution is 2.08. The van der Waals surface area contributed by atoms with Gasteiger partial charge in [-0.15, -0.1) is 0 Å². The van der Waals surface area contributed by atoms with E-state index in [2.05, 4.69) is 15.3 Å². The van der Waals surface area contributed by atoms with Gasteiger partial charge in [0, 0.05) is 25.6 Å². The quantitative estimate of drug-likeness (QED) is 0.594. The second-order valence-corrected chi connectivity index (χ2v) is 2.95. The van der Waals surface area contributed by atoms with Gasteiger partial charge in [-0.1, -0.05) is 6.92 Å². The van der Waals surface area contributed by atoms with Crippen LogP contribution >= 0.6 is 0 Å². The highest BCUT2D eigenvalue weighted by Gasteiger charge is 1.99. The normalized spacial score (nSPS) is 10.1. The molecule has 0 bridgehead atoms. The molecule has 78 valence electrons. The van der Waals surface area contributed by atoms with Crippen molar-refractivity contribution in [3.63, 3.8) is 0 Å². The largest absolute Gasteiger partial charge is 0.396 e. The molecule has 0 unspecified atom stereocenters. The lowest BCUT2D eigenvalue weighted by Crippen LogP contribution is -2.08. The number of nitrogens with zero attached hydrogens (tertiary/aromatic N) is 2. The average Bonchev–Trinajstić information content (AvgIpc) is 2.17. The van der Waals surface area contributed by atoms with Crippen LogP contribution < -0.4 is 11.1 Å². The molecule has 0 fully saturated rings. The van der Waals surface area contributed by atoms with Crippen LogP contribution in [-0.4, -0.2) is 28.2 Å². The van der Waals surface area contributed by atoms with Gasteiger partial charge in [-0.2, -0.15) is 0 Å². The molecule has 0 aliphatic heterocycles. The molecule has 0 aliphatic carbocycles. The smallest absolute Gasteiger partial charge is 0.132 e. The Bertz CT molecular complexity index is 290. The first kappa shape index (κ1) is 10.7. The highest BCUT2D eigenvalue weighted by atomic mass is 16.3. The van der Waals surface area contributed by atoms with Gasteiger partial charge in [0.05, 0.1) is 0 Å². The fourth-order valence-electron chi connectivity index (χ4n) is 1.06. The fraction of sp³-hybridized carbons (Fsp3) is 0.556. The summed E-state index contributed by atoms with van der Waals surface area (Å²) in [5, 5.41) is 11.7. The lowest BCUT2D eigenvalue weighted by Gasteiger charge is -2.06. The minimum absolute atomic E-state index is 0.175. The molecule has 1 heterocycles. The van der Waals surface area contributed by atoms with Gasteiger partial charge in [-0.3, -0.25) is 0 Å². The SMILES string of the molecule is CCc1nc(N)cc(NCCCO)n1. The van der Waals surface area contributed by atoms with Gasteiger partial charge >= 0.3 is 0 Å². The van der Waals surface area contributed by atoms with Gasteiger partial charge in [-0.25, -0.2) is 9.97 Å². The Balaban J connectivity index is 2.62. The van der Waals surface area contributed by atoms with Crippen molar-refractivity contribution in [2.75, 3.05) is 24.2 Å². The maximum absolute atomic E-state index is 8.60. The molecular weight excluding hydrogens is 180 g/mol. The Morgan fingerprint density at radius 2 is 2.29 bits per heavy atom. The Hall–Kier alpha value is -1.36. The van der Waals surface area contributed by atoms with Crippen molar-refractivity contribution < 1.29 is 5.11 Å². The van der Waals surface area contributed by atoms with Crippen LogP contribution in [0.5, 0.6) is 0 Å². The topological polar surface area (TPSA) is 84.1 Å². The third-order valence-corrected chi connectivity index (χ3v) is 1.75. The number of hydrogen-bond donors (Lipinski definition) is 3. The van der Waals surface area contributed by atoms with E-state index in [1.807, 2.05) is 6.92 Å². The maximum Gasteiger partial charge on any atom is 0.132 e. The molecule has 0 atom stereocenters. The lowest BCUT2D eigenvalue weighted by atomic mass is 10.4. The van der Waals surface area contributed by atoms with E-state index in [1.165, 1.54) is 0 Å². The number of aliphatic hydroxyl groups excluding tert-OH is 1. The predicted molar refractivity (Wildman–Crippen MR) is 56.0 cm³/mol. The summed E-state index contributed by atoms with van der Waals surface area (Å²) in [5.74, 6) is 1.93. The maximum atomic E-state index is 8.60. The van der Waals surface area contributed by atoms with Crippen molar-refractivity contribution in [1.29, 1.82) is 0 Å². The highest BCUT2D eigenvalue weighted by molar-refractivity contribution is 5.44. The zero-order chi connectivity index (χ0) is 10.4. The number of rotatable bonds is 5. The standard InChI is InChI=1S/C9H16N4O/c1-2-8-12-7(10)6-9(13-8)11-4-3-5-14/h6,14H,2-5H2,1H3,(H3,10,11,12,13). The van der Waals surface area contributed by atoms with Crippen LogP contribution in [0, 0.1) is 0 Å². The summed E-state index contributed by atoms with van der Waals surface area (Å²) in [6.45, 7) is 2.84. The van der Waals surface area contributed by atoms with Gasteiger partial charge < -0.3 is 16.2 Å². The Labute approximate surface area is 83.4 Å². The Morgan fingerprint density at radius 3 is 2.93 bits per heavy atom. The minimum atomic E-state index is 0.175. The Kier molecular flexibility index (Phi) is 4.12. The number of anilines is 2. The monoisotopic (exact) mass is 196 g/mol. The van der Waals surface area contributed by atoms with Gasteiger partial charge in [-0.05, 0) is 6.42 Å². The van der Waals surface area contributed by atoms with Crippen molar-refractivity contribution in [3.05, 3.63) is 11.9 Å². The number of aromatic nitrogens is 2. The molecule has 0 amide bonds. The van der Waals surface area contributed by atoms with Crippen molar-refractivity contribution in [1.82, 2.24) is 9.97 Å². The molecule has 1 aromatic heterocycles. The molecule has 1 aromatic rings. The van der Waals surface area contributed by atoms with Crippen LogP contribution in [-0.2, 0) is 6.42 Å². The minimum Gasteiger partial charge on any atom is -0.396 e. The van der Waals surface area contributed by atoms with Crippen LogP contribution in [0.15, 0.2) is 6.07 Å². The lowest BCUT2D eigenvalue weighted by molar-refractivity contribution is 0.292. The second-order valence-electron chi connectivity index (χ2n) is 2.95. The number of aryl methyl sites for hydroxylation is 1. The number of hydrogen-bond acceptors (Lipinski definition) is 5. The van der Waals surface area contributed by atoms with E-state index in [-0.39, 0.29) is 6.61 Å². The molecule has 0 saturated heterocycles. The predicted octanol–water partition coefficient (Wildman–Crippen LogP) is 0.415. The molecule has 5 nitrogen and oxygen atoms in total. The summed E-state index contributed by atoms with van der Waals surface area (Å²) in [7, 11) is 0. The average molecular weight is 196 g/mol. The van der Waals surface area contributed by atoms with Crippen LogP contribution in [0.25, 0.3) is 0 Å². The molecule has 5 heteroatoms. The van der Waals surface area contributed by atoms with E-state index in [1.54, 1.807) is 6.07 Å². The summed E-state index contributed by atoms with van der Waals surface area (Å²) in [5.41, 5.74) is 5.60. The van der Waals surface area contributed by atoms with Crippen molar-refractivity contribution >= 4 is 11.6 Å². The summed E-state index contributed by atoms with van der Waals surface area (Å²) < 4.78 is 0. The van der Waals surface area contributed by atoms with Gasteiger partial charge in [0.25, 0.3) is 0 Å². The molecule has 0 saturated carbocycles. The van der Waals surface area contributed by atoms with Gasteiger partial charge in [0.2, 0.25) is 0 Å². The summed E-state index contributed by atoms with van der Waals surface area (Å²) in [6, 6.07) is 1.69. The summed E-state index contributed by atoms with van der Waals surface area (Å²) >= 11 is 0. The first-order valence-corrected chi connectivity index (χ1v) is 4.74. The van der Waals surface area contributed by atoms with Crippen LogP contribution in [0.1, 0.15) is 19.2 Å². The molecule has 0 aromatic carbocycles. The molecule has 1 rings (SSSR count). The first-order valence-electron chi connectivity index (χ1n) is 4.74. The zero-order valence-electron chi connectivity index (χ0n) is 8.32. The van der Waals surface area contributed by atoms with Crippen molar-refractivity contribution in [2.24, 2.45) is 0 Å². The molecule has 0 spiro atoms. The molecule has 0 radical (unpaired) electrons. The van der Waals surface area contributed by atoms with E-state index in [0.717, 1.165) is 18.1 Å². The number of nitrogens with one attached hydrogen (secondary N) is 1. The van der Waals surface area contributed by atoms with Crippen molar-refractivity contribution in [3.8, 4) is 0 Å². The fourth-order valence-corrected chi connectivity index (χ4v) is 1.06. The van der Waals surface area contributed by atoms with Crippen LogP contribution in [0.3, 0.4) is 0 Å². The van der Waals surface area contributed by atoms with E-state index in [0.29, 0.717) is 18.8 Å². The van der Waals surface area contributed by atoms with E-state index >= 15 is 0 Å². The van der Waals surface area contributed by atoms with Crippen LogP contribution in [0.4, 0.5) is 11.6 Å². The van der Waals surface area contributed by atoms with Gasteiger partial charge in [0.15, 0.2) is 0 Å².